The van der Waals surface area contributed by atoms with Crippen LogP contribution in [0, 0.1) is 6.92 Å². The zero-order valence-corrected chi connectivity index (χ0v) is 14.0. The number of rotatable bonds is 7. The van der Waals surface area contributed by atoms with E-state index in [2.05, 4.69) is 10.6 Å². The summed E-state index contributed by atoms with van der Waals surface area (Å²) in [6.45, 7) is 2.50. The second-order valence-electron chi connectivity index (χ2n) is 5.70. The van der Waals surface area contributed by atoms with Crippen molar-refractivity contribution in [2.24, 2.45) is 0 Å². The molecule has 5 nitrogen and oxygen atoms in total. The largest absolute Gasteiger partial charge is 0.387 e. The molecule has 128 valence electrons. The fourth-order valence-electron chi connectivity index (χ4n) is 2.38. The average molecular weight is 328 g/mol. The van der Waals surface area contributed by atoms with Gasteiger partial charge in [-0.15, -0.1) is 0 Å². The first-order chi connectivity index (χ1) is 11.6. The number of urea groups is 1. The topological polar surface area (TPSA) is 70.6 Å². The lowest BCUT2D eigenvalue weighted by Gasteiger charge is -2.20. The lowest BCUT2D eigenvalue weighted by atomic mass is 10.1. The van der Waals surface area contributed by atoms with Gasteiger partial charge in [0.25, 0.3) is 0 Å². The van der Waals surface area contributed by atoms with Gasteiger partial charge in [0.2, 0.25) is 0 Å². The van der Waals surface area contributed by atoms with Gasteiger partial charge in [-0.1, -0.05) is 60.2 Å². The quantitative estimate of drug-likeness (QED) is 0.732. The third-order valence-electron chi connectivity index (χ3n) is 3.76. The number of hydrogen-bond donors (Lipinski definition) is 3. The summed E-state index contributed by atoms with van der Waals surface area (Å²) in [6.07, 6.45) is -0.742. The van der Waals surface area contributed by atoms with E-state index in [1.807, 2.05) is 61.5 Å². The van der Waals surface area contributed by atoms with Crippen molar-refractivity contribution < 1.29 is 14.6 Å². The number of aliphatic hydroxyl groups excluding tert-OH is 1. The third kappa shape index (κ3) is 5.37. The SMILES string of the molecule is COCC(NC(=O)NCC(O)c1ccc(C)cc1)c1ccccc1. The Morgan fingerprint density at radius 2 is 1.75 bits per heavy atom. The van der Waals surface area contributed by atoms with Gasteiger partial charge >= 0.3 is 6.03 Å². The summed E-state index contributed by atoms with van der Waals surface area (Å²) < 4.78 is 5.17. The molecule has 2 aromatic rings. The number of amides is 2. The number of benzene rings is 2. The molecule has 0 heterocycles. The molecule has 0 saturated carbocycles. The third-order valence-corrected chi connectivity index (χ3v) is 3.76. The normalized spacial score (nSPS) is 13.1. The van der Waals surface area contributed by atoms with E-state index in [0.717, 1.165) is 16.7 Å². The molecule has 2 rings (SSSR count). The van der Waals surface area contributed by atoms with Crippen LogP contribution in [0.3, 0.4) is 0 Å². The molecule has 0 aliphatic carbocycles. The number of nitrogens with one attached hydrogen (secondary N) is 2. The zero-order valence-electron chi connectivity index (χ0n) is 14.0. The molecule has 2 aromatic carbocycles. The van der Waals surface area contributed by atoms with Crippen LogP contribution in [0.5, 0.6) is 0 Å². The smallest absolute Gasteiger partial charge is 0.315 e. The van der Waals surface area contributed by atoms with E-state index >= 15 is 0 Å². The van der Waals surface area contributed by atoms with Crippen LogP contribution in [-0.4, -0.2) is 31.4 Å². The van der Waals surface area contributed by atoms with Crippen LogP contribution >= 0.6 is 0 Å². The van der Waals surface area contributed by atoms with Crippen LogP contribution in [0.15, 0.2) is 54.6 Å². The predicted octanol–water partition coefficient (Wildman–Crippen LogP) is 2.72. The summed E-state index contributed by atoms with van der Waals surface area (Å²) in [7, 11) is 1.59. The maximum atomic E-state index is 12.1. The number of aryl methyl sites for hydroxylation is 1. The van der Waals surface area contributed by atoms with E-state index in [1.165, 1.54) is 0 Å². The molecule has 2 atom stereocenters. The van der Waals surface area contributed by atoms with Crippen molar-refractivity contribution in [2.75, 3.05) is 20.3 Å². The first-order valence-electron chi connectivity index (χ1n) is 7.93. The van der Waals surface area contributed by atoms with Gasteiger partial charge < -0.3 is 20.5 Å². The van der Waals surface area contributed by atoms with Gasteiger partial charge in [0.05, 0.1) is 18.8 Å². The predicted molar refractivity (Wildman–Crippen MR) is 93.7 cm³/mol. The van der Waals surface area contributed by atoms with Gasteiger partial charge in [0.1, 0.15) is 0 Å². The summed E-state index contributed by atoms with van der Waals surface area (Å²) in [5.41, 5.74) is 2.87. The molecular formula is C19H24N2O3. The molecule has 0 aliphatic heterocycles. The van der Waals surface area contributed by atoms with Crippen LogP contribution in [-0.2, 0) is 4.74 Å². The van der Waals surface area contributed by atoms with Gasteiger partial charge in [-0.2, -0.15) is 0 Å². The Balaban J connectivity index is 1.88. The van der Waals surface area contributed by atoms with Gasteiger partial charge in [0.15, 0.2) is 0 Å². The van der Waals surface area contributed by atoms with Crippen molar-refractivity contribution in [1.29, 1.82) is 0 Å². The van der Waals surface area contributed by atoms with Crippen molar-refractivity contribution in [3.05, 3.63) is 71.3 Å². The Labute approximate surface area is 142 Å². The van der Waals surface area contributed by atoms with Crippen LogP contribution in [0.4, 0.5) is 4.79 Å². The summed E-state index contributed by atoms with van der Waals surface area (Å²) in [5.74, 6) is 0. The van der Waals surface area contributed by atoms with Crippen LogP contribution < -0.4 is 10.6 Å². The number of methoxy groups -OCH3 is 1. The lowest BCUT2D eigenvalue weighted by Crippen LogP contribution is -2.41. The maximum absolute atomic E-state index is 12.1. The lowest BCUT2D eigenvalue weighted by molar-refractivity contribution is 0.159. The fourth-order valence-corrected chi connectivity index (χ4v) is 2.38. The number of aliphatic hydroxyl groups is 1. The molecule has 0 bridgehead atoms. The zero-order chi connectivity index (χ0) is 17.4. The molecule has 0 aromatic heterocycles. The minimum absolute atomic E-state index is 0.142. The number of ether oxygens (including phenoxy) is 1. The maximum Gasteiger partial charge on any atom is 0.315 e. The highest BCUT2D eigenvalue weighted by molar-refractivity contribution is 5.74. The Bertz CT molecular complexity index is 629. The Kier molecular flexibility index (Phi) is 6.78. The highest BCUT2D eigenvalue weighted by Gasteiger charge is 2.15. The number of hydrogen-bond acceptors (Lipinski definition) is 3. The second kappa shape index (κ2) is 9.05. The van der Waals surface area contributed by atoms with E-state index in [-0.39, 0.29) is 18.6 Å². The summed E-state index contributed by atoms with van der Waals surface area (Å²) >= 11 is 0. The second-order valence-corrected chi connectivity index (χ2v) is 5.70. The van der Waals surface area contributed by atoms with E-state index in [1.54, 1.807) is 7.11 Å². The van der Waals surface area contributed by atoms with Gasteiger partial charge in [-0.25, -0.2) is 4.79 Å². The molecule has 3 N–H and O–H groups in total. The van der Waals surface area contributed by atoms with E-state index in [0.29, 0.717) is 6.61 Å². The standard InChI is InChI=1S/C19H24N2O3/c1-14-8-10-16(11-9-14)18(22)12-20-19(23)21-17(13-24-2)15-6-4-3-5-7-15/h3-11,17-18,22H,12-13H2,1-2H3,(H2,20,21,23). The molecule has 0 spiro atoms. The minimum Gasteiger partial charge on any atom is -0.387 e. The van der Waals surface area contributed by atoms with Gasteiger partial charge in [-0.05, 0) is 18.1 Å². The van der Waals surface area contributed by atoms with E-state index in [4.69, 9.17) is 4.74 Å². The van der Waals surface area contributed by atoms with Gasteiger partial charge in [-0.3, -0.25) is 0 Å². The molecule has 2 amide bonds. The molecule has 0 saturated heterocycles. The van der Waals surface area contributed by atoms with E-state index < -0.39 is 6.10 Å². The highest BCUT2D eigenvalue weighted by atomic mass is 16.5. The van der Waals surface area contributed by atoms with Crippen molar-refractivity contribution >= 4 is 6.03 Å². The van der Waals surface area contributed by atoms with E-state index in [9.17, 15) is 9.90 Å². The number of carbonyl (C=O) groups excluding carboxylic acids is 1. The average Bonchev–Trinajstić information content (AvgIpc) is 2.60. The Hall–Kier alpha value is -2.37. The Morgan fingerprint density at radius 3 is 2.38 bits per heavy atom. The molecule has 5 heteroatoms. The van der Waals surface area contributed by atoms with Crippen molar-refractivity contribution in [3.63, 3.8) is 0 Å². The first-order valence-corrected chi connectivity index (χ1v) is 7.93. The highest BCUT2D eigenvalue weighted by Crippen LogP contribution is 2.14. The summed E-state index contributed by atoms with van der Waals surface area (Å²) in [4.78, 5) is 12.1. The molecule has 0 radical (unpaired) electrons. The molecule has 24 heavy (non-hydrogen) atoms. The van der Waals surface area contributed by atoms with Crippen LogP contribution in [0.25, 0.3) is 0 Å². The molecule has 0 aliphatic rings. The molecule has 2 unspecified atom stereocenters. The minimum atomic E-state index is -0.742. The molecular weight excluding hydrogens is 304 g/mol. The van der Waals surface area contributed by atoms with Crippen molar-refractivity contribution in [1.82, 2.24) is 10.6 Å². The fraction of sp³-hybridized carbons (Fsp3) is 0.316. The van der Waals surface area contributed by atoms with Crippen molar-refractivity contribution in [2.45, 2.75) is 19.1 Å². The van der Waals surface area contributed by atoms with Gasteiger partial charge in [0, 0.05) is 13.7 Å². The monoisotopic (exact) mass is 328 g/mol. The molecule has 0 fully saturated rings. The summed E-state index contributed by atoms with van der Waals surface area (Å²) in [6, 6.07) is 16.6. The van der Waals surface area contributed by atoms with Crippen molar-refractivity contribution in [3.8, 4) is 0 Å². The number of carbonyl (C=O) groups is 1. The first kappa shape index (κ1) is 18.0. The summed E-state index contributed by atoms with van der Waals surface area (Å²) in [5, 5.41) is 15.7. The Morgan fingerprint density at radius 1 is 1.08 bits per heavy atom. The van der Waals surface area contributed by atoms with Crippen LogP contribution in [0.1, 0.15) is 28.8 Å². The van der Waals surface area contributed by atoms with Crippen LogP contribution in [0.2, 0.25) is 0 Å².